The number of nitrogens with zero attached hydrogens (tertiary/aromatic N) is 2. The Bertz CT molecular complexity index is 957. The Kier molecular flexibility index (Phi) is 5.96. The third-order valence-corrected chi connectivity index (χ3v) is 5.10. The van der Waals surface area contributed by atoms with Crippen LogP contribution in [-0.2, 0) is 4.79 Å². The van der Waals surface area contributed by atoms with Gasteiger partial charge in [0.1, 0.15) is 5.82 Å². The normalized spacial score (nSPS) is 17.3. The third-order valence-electron chi connectivity index (χ3n) is 5.10. The number of para-hydroxylation sites is 1. The van der Waals surface area contributed by atoms with Crippen molar-refractivity contribution < 1.29 is 14.0 Å². The molecule has 0 saturated heterocycles. The molecule has 2 unspecified atom stereocenters. The largest absolute Gasteiger partial charge is 0.335 e. The van der Waals surface area contributed by atoms with Crippen LogP contribution >= 0.6 is 0 Å². The van der Waals surface area contributed by atoms with Crippen molar-refractivity contribution in [3.8, 4) is 0 Å². The van der Waals surface area contributed by atoms with Crippen LogP contribution < -0.4 is 15.5 Å². The molecule has 0 spiro atoms. The number of carbonyl (C=O) groups excluding carboxylic acids is 2. The number of hydrogen-bond donors (Lipinski definition) is 2. The first-order valence-corrected chi connectivity index (χ1v) is 9.56. The molecule has 2 N–H and O–H groups in total. The van der Waals surface area contributed by atoms with Crippen molar-refractivity contribution in [2.45, 2.75) is 33.0 Å². The number of urea groups is 1. The summed E-state index contributed by atoms with van der Waals surface area (Å²) >= 11 is 0. The summed E-state index contributed by atoms with van der Waals surface area (Å²) in [7, 11) is 1.62. The summed E-state index contributed by atoms with van der Waals surface area (Å²) in [6.45, 7) is 5.86. The molecule has 3 amide bonds. The third kappa shape index (κ3) is 4.29. The number of fused-ring (bicyclic) bond motifs is 1. The molecule has 1 aliphatic rings. The Balaban J connectivity index is 2.04. The summed E-state index contributed by atoms with van der Waals surface area (Å²) in [5, 5.41) is 5.43. The van der Waals surface area contributed by atoms with Crippen molar-refractivity contribution in [2.24, 2.45) is 10.9 Å². The Labute approximate surface area is 169 Å². The first-order chi connectivity index (χ1) is 13.8. The van der Waals surface area contributed by atoms with E-state index in [0.29, 0.717) is 17.0 Å². The van der Waals surface area contributed by atoms with Crippen molar-refractivity contribution in [1.82, 2.24) is 10.6 Å². The molecule has 3 rings (SSSR count). The van der Waals surface area contributed by atoms with Crippen LogP contribution in [0.15, 0.2) is 53.5 Å². The Hall–Kier alpha value is -3.22. The van der Waals surface area contributed by atoms with E-state index in [9.17, 15) is 14.0 Å². The second-order valence-electron chi connectivity index (χ2n) is 7.42. The van der Waals surface area contributed by atoms with Gasteiger partial charge in [0.25, 0.3) is 5.91 Å². The number of rotatable bonds is 4. The zero-order valence-corrected chi connectivity index (χ0v) is 16.9. The highest BCUT2D eigenvalue weighted by atomic mass is 19.1. The van der Waals surface area contributed by atoms with Gasteiger partial charge in [0.05, 0.1) is 11.4 Å². The van der Waals surface area contributed by atoms with E-state index in [0.717, 1.165) is 0 Å². The Morgan fingerprint density at radius 2 is 1.69 bits per heavy atom. The highest BCUT2D eigenvalue weighted by molar-refractivity contribution is 6.20. The van der Waals surface area contributed by atoms with Gasteiger partial charge in [-0.1, -0.05) is 44.2 Å². The fourth-order valence-corrected chi connectivity index (χ4v) is 3.02. The van der Waals surface area contributed by atoms with Gasteiger partial charge in [0, 0.05) is 24.2 Å². The van der Waals surface area contributed by atoms with E-state index < -0.39 is 23.9 Å². The summed E-state index contributed by atoms with van der Waals surface area (Å²) in [6.07, 6.45) is -1.18. The predicted octanol–water partition coefficient (Wildman–Crippen LogP) is 3.31. The molecule has 6 nitrogen and oxygen atoms in total. The number of anilines is 1. The predicted molar refractivity (Wildman–Crippen MR) is 112 cm³/mol. The second kappa shape index (κ2) is 8.43. The lowest BCUT2D eigenvalue weighted by molar-refractivity contribution is -0.119. The van der Waals surface area contributed by atoms with Crippen molar-refractivity contribution in [3.63, 3.8) is 0 Å². The zero-order chi connectivity index (χ0) is 21.1. The van der Waals surface area contributed by atoms with Gasteiger partial charge in [-0.3, -0.25) is 4.79 Å². The van der Waals surface area contributed by atoms with E-state index in [1.807, 2.05) is 20.8 Å². The van der Waals surface area contributed by atoms with Gasteiger partial charge < -0.3 is 15.5 Å². The van der Waals surface area contributed by atoms with Crippen LogP contribution in [-0.4, -0.2) is 36.9 Å². The van der Waals surface area contributed by atoms with Gasteiger partial charge in [-0.25, -0.2) is 14.2 Å². The zero-order valence-electron chi connectivity index (χ0n) is 16.9. The van der Waals surface area contributed by atoms with Crippen LogP contribution in [0, 0.1) is 11.7 Å². The van der Waals surface area contributed by atoms with Gasteiger partial charge in [0.2, 0.25) is 6.17 Å². The maximum absolute atomic E-state index is 14.6. The highest BCUT2D eigenvalue weighted by Gasteiger charge is 2.31. The molecule has 2 aromatic rings. The number of aliphatic imine (C=N–C) groups is 1. The first-order valence-electron chi connectivity index (χ1n) is 9.56. The summed E-state index contributed by atoms with van der Waals surface area (Å²) in [4.78, 5) is 31.4. The average molecular weight is 396 g/mol. The molecule has 1 heterocycles. The summed E-state index contributed by atoms with van der Waals surface area (Å²) in [5.74, 6) is -0.624. The number of hydrogen-bond acceptors (Lipinski definition) is 3. The number of benzene rings is 2. The molecular weight excluding hydrogens is 371 g/mol. The molecule has 1 aliphatic heterocycles. The van der Waals surface area contributed by atoms with E-state index in [1.165, 1.54) is 11.0 Å². The van der Waals surface area contributed by atoms with Crippen LogP contribution in [0.1, 0.15) is 31.9 Å². The summed E-state index contributed by atoms with van der Waals surface area (Å²) in [5.41, 5.74) is 1.80. The fraction of sp³-hybridized carbons (Fsp3) is 0.318. The maximum atomic E-state index is 14.6. The van der Waals surface area contributed by atoms with Crippen LogP contribution in [0.3, 0.4) is 0 Å². The molecule has 0 radical (unpaired) electrons. The van der Waals surface area contributed by atoms with Crippen molar-refractivity contribution in [3.05, 3.63) is 65.5 Å². The topological polar surface area (TPSA) is 73.8 Å². The SMILES string of the molecule is CC(C)C(C)NC(=O)NC1N=C(c2ccccc2F)c2ccccc2N(C)C1=O. The molecule has 0 aromatic heterocycles. The van der Waals surface area contributed by atoms with Crippen LogP contribution in [0.5, 0.6) is 0 Å². The summed E-state index contributed by atoms with van der Waals surface area (Å²) < 4.78 is 14.6. The van der Waals surface area contributed by atoms with Gasteiger partial charge >= 0.3 is 6.03 Å². The van der Waals surface area contributed by atoms with Crippen molar-refractivity contribution in [2.75, 3.05) is 11.9 Å². The maximum Gasteiger partial charge on any atom is 0.317 e. The number of nitrogens with one attached hydrogen (secondary N) is 2. The number of likely N-dealkylation sites (N-methyl/N-ethyl adjacent to an activating group) is 1. The molecule has 29 heavy (non-hydrogen) atoms. The van der Waals surface area contributed by atoms with Gasteiger partial charge in [-0.15, -0.1) is 0 Å². The molecule has 0 fully saturated rings. The average Bonchev–Trinajstić information content (AvgIpc) is 2.79. The van der Waals surface area contributed by atoms with Crippen molar-refractivity contribution >= 4 is 23.3 Å². The number of carbonyl (C=O) groups is 2. The molecular formula is C22H25FN4O2. The van der Waals surface area contributed by atoms with E-state index in [1.54, 1.807) is 49.5 Å². The number of benzodiazepines with no additional fused rings is 1. The molecule has 152 valence electrons. The van der Waals surface area contributed by atoms with Gasteiger partial charge in [0.15, 0.2) is 0 Å². The van der Waals surface area contributed by atoms with E-state index in [4.69, 9.17) is 0 Å². The van der Waals surface area contributed by atoms with E-state index in [-0.39, 0.29) is 17.5 Å². The Morgan fingerprint density at radius 1 is 1.07 bits per heavy atom. The second-order valence-corrected chi connectivity index (χ2v) is 7.42. The van der Waals surface area contributed by atoms with E-state index >= 15 is 0 Å². The molecule has 7 heteroatoms. The van der Waals surface area contributed by atoms with Crippen LogP contribution in [0.2, 0.25) is 0 Å². The fourth-order valence-electron chi connectivity index (χ4n) is 3.02. The minimum atomic E-state index is -1.18. The minimum Gasteiger partial charge on any atom is -0.335 e. The quantitative estimate of drug-likeness (QED) is 0.832. The lowest BCUT2D eigenvalue weighted by atomic mass is 10.00. The van der Waals surface area contributed by atoms with Gasteiger partial charge in [-0.2, -0.15) is 0 Å². The number of halogens is 1. The van der Waals surface area contributed by atoms with Crippen molar-refractivity contribution in [1.29, 1.82) is 0 Å². The summed E-state index contributed by atoms with van der Waals surface area (Å²) in [6, 6.07) is 12.8. The molecule has 0 saturated carbocycles. The first kappa shape index (κ1) is 20.5. The van der Waals surface area contributed by atoms with Crippen LogP contribution in [0.4, 0.5) is 14.9 Å². The van der Waals surface area contributed by atoms with E-state index in [2.05, 4.69) is 15.6 Å². The molecule has 0 aliphatic carbocycles. The molecule has 0 bridgehead atoms. The minimum absolute atomic E-state index is 0.0826. The monoisotopic (exact) mass is 396 g/mol. The highest BCUT2D eigenvalue weighted by Crippen LogP contribution is 2.27. The molecule has 2 atom stereocenters. The lowest BCUT2D eigenvalue weighted by Gasteiger charge is -2.22. The van der Waals surface area contributed by atoms with Gasteiger partial charge in [-0.05, 0) is 31.0 Å². The standard InChI is InChI=1S/C22H25FN4O2/c1-13(2)14(3)24-22(29)26-20-21(28)27(4)18-12-8-6-10-16(18)19(25-20)15-9-5-7-11-17(15)23/h5-14,20H,1-4H3,(H2,24,26,29). The van der Waals surface area contributed by atoms with Crippen LogP contribution in [0.25, 0.3) is 0 Å². The molecule has 2 aromatic carbocycles. The number of amides is 3. The lowest BCUT2D eigenvalue weighted by Crippen LogP contribution is -2.51. The Morgan fingerprint density at radius 3 is 2.34 bits per heavy atom. The smallest absolute Gasteiger partial charge is 0.317 e.